The van der Waals surface area contributed by atoms with E-state index in [0.717, 1.165) is 13.0 Å². The molecule has 0 amide bonds. The zero-order valence-electron chi connectivity index (χ0n) is 14.8. The van der Waals surface area contributed by atoms with Crippen molar-refractivity contribution >= 4 is 27.5 Å². The number of aromatic nitrogens is 2. The number of hydrogen-bond acceptors (Lipinski definition) is 5. The molecule has 0 spiro atoms. The Hall–Kier alpha value is -1.73. The van der Waals surface area contributed by atoms with E-state index in [4.69, 9.17) is 4.74 Å². The third-order valence-corrected chi connectivity index (χ3v) is 5.20. The number of carbonyl (C=O) groups is 1. The van der Waals surface area contributed by atoms with Crippen LogP contribution in [-0.2, 0) is 4.74 Å². The van der Waals surface area contributed by atoms with E-state index in [0.29, 0.717) is 33.1 Å². The molecule has 132 valence electrons. The molecule has 2 heterocycles. The SMILES string of the molecule is CCCCC[NH2+][C@H](C)c1nc2sc(C(=O)OCC)c(C)c2c(=O)[nH]1. The van der Waals surface area contributed by atoms with Crippen LogP contribution in [0.15, 0.2) is 4.79 Å². The van der Waals surface area contributed by atoms with Gasteiger partial charge in [0.15, 0.2) is 5.82 Å². The minimum absolute atomic E-state index is 0.0763. The molecule has 0 radical (unpaired) electrons. The van der Waals surface area contributed by atoms with Crippen molar-refractivity contribution < 1.29 is 14.8 Å². The summed E-state index contributed by atoms with van der Waals surface area (Å²) in [5.74, 6) is 0.263. The van der Waals surface area contributed by atoms with Crippen molar-refractivity contribution in [1.29, 1.82) is 0 Å². The molecule has 0 aliphatic carbocycles. The Morgan fingerprint density at radius 3 is 2.79 bits per heavy atom. The van der Waals surface area contributed by atoms with Crippen molar-refractivity contribution in [3.8, 4) is 0 Å². The summed E-state index contributed by atoms with van der Waals surface area (Å²) in [4.78, 5) is 33.0. The third-order valence-electron chi connectivity index (χ3n) is 4.04. The largest absolute Gasteiger partial charge is 0.462 e. The van der Waals surface area contributed by atoms with Gasteiger partial charge in [-0.2, -0.15) is 0 Å². The second-order valence-corrected chi connectivity index (χ2v) is 6.93. The summed E-state index contributed by atoms with van der Waals surface area (Å²) < 4.78 is 5.06. The molecule has 0 bridgehead atoms. The van der Waals surface area contributed by atoms with Crippen LogP contribution in [0.1, 0.15) is 67.1 Å². The molecule has 0 aliphatic rings. The summed E-state index contributed by atoms with van der Waals surface area (Å²) in [5, 5.41) is 2.68. The summed E-state index contributed by atoms with van der Waals surface area (Å²) in [6.07, 6.45) is 3.55. The summed E-state index contributed by atoms with van der Waals surface area (Å²) in [6.45, 7) is 9.06. The number of ether oxygens (including phenoxy) is 1. The normalized spacial score (nSPS) is 12.5. The maximum Gasteiger partial charge on any atom is 0.348 e. The first-order valence-corrected chi connectivity index (χ1v) is 9.34. The molecular formula is C17H26N3O3S+. The van der Waals surface area contributed by atoms with Gasteiger partial charge in [-0.1, -0.05) is 13.3 Å². The third kappa shape index (κ3) is 4.02. The molecule has 24 heavy (non-hydrogen) atoms. The molecule has 1 atom stereocenters. The van der Waals surface area contributed by atoms with Crippen molar-refractivity contribution in [3.05, 3.63) is 26.6 Å². The van der Waals surface area contributed by atoms with E-state index in [1.807, 2.05) is 6.92 Å². The number of hydrogen-bond donors (Lipinski definition) is 2. The van der Waals surface area contributed by atoms with Crippen molar-refractivity contribution in [2.24, 2.45) is 0 Å². The molecule has 7 heteroatoms. The van der Waals surface area contributed by atoms with Gasteiger partial charge in [0.25, 0.3) is 5.56 Å². The molecule has 2 aromatic heterocycles. The van der Waals surface area contributed by atoms with Crippen molar-refractivity contribution in [3.63, 3.8) is 0 Å². The predicted molar refractivity (Wildman–Crippen MR) is 95.7 cm³/mol. The number of aromatic amines is 1. The highest BCUT2D eigenvalue weighted by molar-refractivity contribution is 7.20. The van der Waals surface area contributed by atoms with Crippen molar-refractivity contribution in [2.45, 2.75) is 53.0 Å². The van der Waals surface area contributed by atoms with Gasteiger partial charge in [-0.15, -0.1) is 11.3 Å². The highest BCUT2D eigenvalue weighted by Gasteiger charge is 2.21. The lowest BCUT2D eigenvalue weighted by atomic mass is 10.2. The minimum atomic E-state index is -0.391. The fraction of sp³-hybridized carbons (Fsp3) is 0.588. The van der Waals surface area contributed by atoms with E-state index in [2.05, 4.69) is 22.2 Å². The standard InChI is InChI=1S/C17H25N3O3S/c1-5-7-8-9-18-11(4)14-19-15(21)12-10(3)13(17(22)23-6-2)24-16(12)20-14/h11,18H,5-9H2,1-4H3,(H,19,20,21)/p+1/t11-/m1/s1. The average Bonchev–Trinajstić information content (AvgIpc) is 2.89. The first kappa shape index (κ1) is 18.6. The van der Waals surface area contributed by atoms with Crippen LogP contribution in [0.2, 0.25) is 0 Å². The second-order valence-electron chi connectivity index (χ2n) is 5.93. The molecule has 2 rings (SSSR count). The van der Waals surface area contributed by atoms with Crippen LogP contribution in [0, 0.1) is 6.92 Å². The van der Waals surface area contributed by atoms with Gasteiger partial charge < -0.3 is 15.0 Å². The molecular weight excluding hydrogens is 326 g/mol. The van der Waals surface area contributed by atoms with Gasteiger partial charge in [0.1, 0.15) is 15.7 Å². The zero-order chi connectivity index (χ0) is 17.7. The first-order valence-electron chi connectivity index (χ1n) is 8.53. The summed E-state index contributed by atoms with van der Waals surface area (Å²) in [5.41, 5.74) is 0.460. The van der Waals surface area contributed by atoms with E-state index in [1.54, 1.807) is 13.8 Å². The number of aryl methyl sites for hydroxylation is 1. The molecule has 0 saturated heterocycles. The number of rotatable bonds is 8. The van der Waals surface area contributed by atoms with E-state index in [9.17, 15) is 9.59 Å². The van der Waals surface area contributed by atoms with Gasteiger partial charge in [-0.25, -0.2) is 9.78 Å². The van der Waals surface area contributed by atoms with Crippen LogP contribution in [-0.4, -0.2) is 29.1 Å². The van der Waals surface area contributed by atoms with Gasteiger partial charge >= 0.3 is 5.97 Å². The number of H-pyrrole nitrogens is 1. The van der Waals surface area contributed by atoms with E-state index >= 15 is 0 Å². The van der Waals surface area contributed by atoms with Crippen LogP contribution in [0.4, 0.5) is 0 Å². The maximum absolute atomic E-state index is 12.4. The fourth-order valence-corrected chi connectivity index (χ4v) is 3.72. The summed E-state index contributed by atoms with van der Waals surface area (Å²) in [7, 11) is 0. The quantitative estimate of drug-likeness (QED) is 0.563. The van der Waals surface area contributed by atoms with E-state index in [1.165, 1.54) is 24.2 Å². The zero-order valence-corrected chi connectivity index (χ0v) is 15.6. The number of esters is 1. The Morgan fingerprint density at radius 2 is 2.12 bits per heavy atom. The second kappa shape index (κ2) is 8.39. The minimum Gasteiger partial charge on any atom is -0.462 e. The van der Waals surface area contributed by atoms with E-state index < -0.39 is 5.97 Å². The number of thiophene rings is 1. The number of fused-ring (bicyclic) bond motifs is 1. The molecule has 0 aromatic carbocycles. The van der Waals surface area contributed by atoms with Crippen molar-refractivity contribution in [2.75, 3.05) is 13.2 Å². The summed E-state index contributed by atoms with van der Waals surface area (Å²) >= 11 is 1.23. The molecule has 2 aromatic rings. The van der Waals surface area contributed by atoms with Crippen molar-refractivity contribution in [1.82, 2.24) is 9.97 Å². The van der Waals surface area contributed by atoms with Gasteiger partial charge in [-0.3, -0.25) is 4.79 Å². The number of unbranched alkanes of at least 4 members (excludes halogenated alkanes) is 2. The van der Waals surface area contributed by atoms with Crippen LogP contribution in [0.5, 0.6) is 0 Å². The lowest BCUT2D eigenvalue weighted by Gasteiger charge is -2.09. The van der Waals surface area contributed by atoms with Gasteiger partial charge in [0.2, 0.25) is 0 Å². The van der Waals surface area contributed by atoms with Crippen LogP contribution >= 0.6 is 11.3 Å². The maximum atomic E-state index is 12.4. The molecule has 3 N–H and O–H groups in total. The Kier molecular flexibility index (Phi) is 6.51. The number of nitrogens with zero attached hydrogens (tertiary/aromatic N) is 1. The molecule has 0 aliphatic heterocycles. The van der Waals surface area contributed by atoms with Gasteiger partial charge in [-0.05, 0) is 39.2 Å². The Bertz CT molecular complexity index is 766. The molecule has 0 unspecified atom stereocenters. The Balaban J connectivity index is 2.29. The number of carbonyl (C=O) groups excluding carboxylic acids is 1. The lowest BCUT2D eigenvalue weighted by Crippen LogP contribution is -2.85. The summed E-state index contributed by atoms with van der Waals surface area (Å²) in [6, 6.07) is 0.0763. The molecule has 6 nitrogen and oxygen atoms in total. The Morgan fingerprint density at radius 1 is 1.38 bits per heavy atom. The lowest BCUT2D eigenvalue weighted by molar-refractivity contribution is -0.694. The molecule has 0 saturated carbocycles. The first-order chi connectivity index (χ1) is 11.5. The van der Waals surface area contributed by atoms with Crippen LogP contribution in [0.3, 0.4) is 0 Å². The Labute approximate surface area is 145 Å². The monoisotopic (exact) mass is 352 g/mol. The topological polar surface area (TPSA) is 88.7 Å². The van der Waals surface area contributed by atoms with Crippen LogP contribution < -0.4 is 10.9 Å². The number of quaternary nitrogens is 1. The number of nitrogens with one attached hydrogen (secondary N) is 1. The highest BCUT2D eigenvalue weighted by atomic mass is 32.1. The van der Waals surface area contributed by atoms with Crippen LogP contribution in [0.25, 0.3) is 10.2 Å². The molecule has 0 fully saturated rings. The average molecular weight is 352 g/mol. The van der Waals surface area contributed by atoms with E-state index in [-0.39, 0.29) is 11.6 Å². The number of nitrogens with two attached hydrogens (primary N) is 1. The predicted octanol–water partition coefficient (Wildman–Crippen LogP) is 2.28. The smallest absolute Gasteiger partial charge is 0.348 e. The van der Waals surface area contributed by atoms with Gasteiger partial charge in [0, 0.05) is 0 Å². The highest BCUT2D eigenvalue weighted by Crippen LogP contribution is 2.27. The van der Waals surface area contributed by atoms with Gasteiger partial charge in [0.05, 0.1) is 18.5 Å². The fourth-order valence-electron chi connectivity index (χ4n) is 2.64.